The summed E-state index contributed by atoms with van der Waals surface area (Å²) < 4.78 is 40.7. The van der Waals surface area contributed by atoms with Crippen LogP contribution >= 0.6 is 11.6 Å². The molecule has 0 radical (unpaired) electrons. The summed E-state index contributed by atoms with van der Waals surface area (Å²) >= 11 is 5.75. The van der Waals surface area contributed by atoms with Crippen LogP contribution in [0.4, 0.5) is 13.2 Å². The van der Waals surface area contributed by atoms with E-state index < -0.39 is 18.8 Å². The number of aromatic carboxylic acids is 1. The van der Waals surface area contributed by atoms with Crippen LogP contribution < -0.4 is 4.74 Å². The van der Waals surface area contributed by atoms with E-state index in [1.54, 1.807) is 0 Å². The van der Waals surface area contributed by atoms with Crippen LogP contribution in [0.2, 0.25) is 5.15 Å². The molecular formula is C14H9ClF3NO3. The van der Waals surface area contributed by atoms with E-state index in [9.17, 15) is 18.0 Å². The highest BCUT2D eigenvalue weighted by atomic mass is 35.5. The maximum atomic E-state index is 12.0. The largest absolute Gasteiger partial charge is 0.484 e. The molecule has 0 aliphatic rings. The highest BCUT2D eigenvalue weighted by Crippen LogP contribution is 2.25. The number of rotatable bonds is 4. The minimum atomic E-state index is -4.41. The number of pyridine rings is 1. The van der Waals surface area contributed by atoms with Crippen molar-refractivity contribution >= 4 is 17.6 Å². The fraction of sp³-hybridized carbons (Fsp3) is 0.143. The van der Waals surface area contributed by atoms with Gasteiger partial charge in [-0.15, -0.1) is 0 Å². The standard InChI is InChI=1S/C14H9ClF3NO3/c15-12-6-9(13(20)21)5-11(19-12)8-1-3-10(4-2-8)22-7-14(16,17)18/h1-6H,7H2,(H,20,21). The lowest BCUT2D eigenvalue weighted by atomic mass is 10.1. The Balaban J connectivity index is 2.22. The Bertz CT molecular complexity index is 687. The molecule has 0 amide bonds. The Morgan fingerprint density at radius 2 is 1.86 bits per heavy atom. The number of benzene rings is 1. The Morgan fingerprint density at radius 1 is 1.23 bits per heavy atom. The number of carbonyl (C=O) groups is 1. The van der Waals surface area contributed by atoms with E-state index in [2.05, 4.69) is 9.72 Å². The first-order chi connectivity index (χ1) is 10.2. The molecule has 116 valence electrons. The summed E-state index contributed by atoms with van der Waals surface area (Å²) in [5.41, 5.74) is 0.768. The van der Waals surface area contributed by atoms with Crippen LogP contribution in [0.5, 0.6) is 5.75 Å². The fourth-order valence-corrected chi connectivity index (χ4v) is 1.86. The Hall–Kier alpha value is -2.28. The molecule has 0 atom stereocenters. The van der Waals surface area contributed by atoms with Crippen LogP contribution in [-0.2, 0) is 0 Å². The molecule has 1 aromatic heterocycles. The third kappa shape index (κ3) is 4.36. The van der Waals surface area contributed by atoms with Gasteiger partial charge in [0.25, 0.3) is 0 Å². The lowest BCUT2D eigenvalue weighted by Crippen LogP contribution is -2.19. The Labute approximate surface area is 128 Å². The van der Waals surface area contributed by atoms with Gasteiger partial charge in [-0.3, -0.25) is 0 Å². The van der Waals surface area contributed by atoms with Gasteiger partial charge in [-0.2, -0.15) is 13.2 Å². The lowest BCUT2D eigenvalue weighted by molar-refractivity contribution is -0.153. The van der Waals surface area contributed by atoms with Crippen LogP contribution in [0.15, 0.2) is 36.4 Å². The van der Waals surface area contributed by atoms with E-state index in [0.717, 1.165) is 0 Å². The van der Waals surface area contributed by atoms with Crippen LogP contribution in [-0.4, -0.2) is 28.8 Å². The molecule has 0 aliphatic carbocycles. The van der Waals surface area contributed by atoms with Crippen molar-refractivity contribution in [1.82, 2.24) is 4.98 Å². The predicted octanol–water partition coefficient (Wildman–Crippen LogP) is 4.04. The topological polar surface area (TPSA) is 59.4 Å². The lowest BCUT2D eigenvalue weighted by Gasteiger charge is -2.09. The maximum Gasteiger partial charge on any atom is 0.422 e. The summed E-state index contributed by atoms with van der Waals surface area (Å²) in [6, 6.07) is 8.13. The molecule has 0 unspecified atom stereocenters. The highest BCUT2D eigenvalue weighted by molar-refractivity contribution is 6.29. The summed E-state index contributed by atoms with van der Waals surface area (Å²) in [7, 11) is 0. The van der Waals surface area contributed by atoms with Crippen LogP contribution in [0.1, 0.15) is 10.4 Å². The number of halogens is 4. The molecule has 0 saturated heterocycles. The average molecular weight is 332 g/mol. The number of alkyl halides is 3. The molecule has 0 aliphatic heterocycles. The second-order valence-electron chi connectivity index (χ2n) is 4.30. The van der Waals surface area contributed by atoms with Gasteiger partial charge in [-0.05, 0) is 36.4 Å². The van der Waals surface area contributed by atoms with Crippen molar-refractivity contribution in [3.05, 3.63) is 47.1 Å². The quantitative estimate of drug-likeness (QED) is 0.859. The van der Waals surface area contributed by atoms with Crippen molar-refractivity contribution in [3.8, 4) is 17.0 Å². The number of nitrogens with zero attached hydrogens (tertiary/aromatic N) is 1. The molecule has 1 aromatic carbocycles. The van der Waals surface area contributed by atoms with Gasteiger partial charge in [0.05, 0.1) is 11.3 Å². The van der Waals surface area contributed by atoms with Gasteiger partial charge >= 0.3 is 12.1 Å². The predicted molar refractivity (Wildman–Crippen MR) is 73.2 cm³/mol. The van der Waals surface area contributed by atoms with E-state index in [1.165, 1.54) is 36.4 Å². The molecule has 22 heavy (non-hydrogen) atoms. The summed E-state index contributed by atoms with van der Waals surface area (Å²) in [5, 5.41) is 8.96. The van der Waals surface area contributed by atoms with Crippen molar-refractivity contribution in [2.24, 2.45) is 0 Å². The van der Waals surface area contributed by atoms with Crippen molar-refractivity contribution < 1.29 is 27.8 Å². The van der Waals surface area contributed by atoms with Crippen LogP contribution in [0, 0.1) is 0 Å². The van der Waals surface area contributed by atoms with E-state index >= 15 is 0 Å². The second-order valence-corrected chi connectivity index (χ2v) is 4.68. The van der Waals surface area contributed by atoms with E-state index in [-0.39, 0.29) is 16.5 Å². The van der Waals surface area contributed by atoms with Crippen molar-refractivity contribution in [1.29, 1.82) is 0 Å². The third-order valence-corrected chi connectivity index (χ3v) is 2.79. The van der Waals surface area contributed by atoms with Gasteiger partial charge in [0, 0.05) is 5.56 Å². The summed E-state index contributed by atoms with van der Waals surface area (Å²) in [6.45, 7) is -1.38. The van der Waals surface area contributed by atoms with Gasteiger partial charge in [0.2, 0.25) is 0 Å². The molecule has 0 bridgehead atoms. The molecular weight excluding hydrogens is 323 g/mol. The summed E-state index contributed by atoms with van der Waals surface area (Å²) in [6.07, 6.45) is -4.41. The monoisotopic (exact) mass is 331 g/mol. The first-order valence-electron chi connectivity index (χ1n) is 5.95. The first-order valence-corrected chi connectivity index (χ1v) is 6.33. The maximum absolute atomic E-state index is 12.0. The molecule has 1 heterocycles. The van der Waals surface area contributed by atoms with E-state index in [1.807, 2.05) is 0 Å². The van der Waals surface area contributed by atoms with Gasteiger partial charge in [-0.25, -0.2) is 9.78 Å². The van der Waals surface area contributed by atoms with Crippen molar-refractivity contribution in [2.45, 2.75) is 6.18 Å². The number of aromatic nitrogens is 1. The van der Waals surface area contributed by atoms with Crippen LogP contribution in [0.3, 0.4) is 0 Å². The average Bonchev–Trinajstić information content (AvgIpc) is 2.44. The molecule has 2 aromatic rings. The van der Waals surface area contributed by atoms with Crippen LogP contribution in [0.25, 0.3) is 11.3 Å². The van der Waals surface area contributed by atoms with Crippen molar-refractivity contribution in [3.63, 3.8) is 0 Å². The van der Waals surface area contributed by atoms with Gasteiger partial charge < -0.3 is 9.84 Å². The molecule has 1 N–H and O–H groups in total. The summed E-state index contributed by atoms with van der Waals surface area (Å²) in [4.78, 5) is 14.9. The second kappa shape index (κ2) is 6.23. The van der Waals surface area contributed by atoms with Crippen molar-refractivity contribution in [2.75, 3.05) is 6.61 Å². The zero-order valence-electron chi connectivity index (χ0n) is 10.9. The first kappa shape index (κ1) is 16.1. The number of carboxylic acids is 1. The molecule has 8 heteroatoms. The fourth-order valence-electron chi connectivity index (χ4n) is 1.66. The molecule has 0 saturated carbocycles. The third-order valence-electron chi connectivity index (χ3n) is 2.59. The molecule has 0 spiro atoms. The number of hydrogen-bond donors (Lipinski definition) is 1. The van der Waals surface area contributed by atoms with Gasteiger partial charge in [-0.1, -0.05) is 11.6 Å². The normalized spacial score (nSPS) is 11.3. The Kier molecular flexibility index (Phi) is 4.56. The minimum absolute atomic E-state index is 0.00676. The van der Waals surface area contributed by atoms with E-state index in [4.69, 9.17) is 16.7 Å². The van der Waals surface area contributed by atoms with Gasteiger partial charge in [0.15, 0.2) is 6.61 Å². The smallest absolute Gasteiger partial charge is 0.422 e. The summed E-state index contributed by atoms with van der Waals surface area (Å²) in [5.74, 6) is -1.11. The molecule has 2 rings (SSSR count). The molecule has 0 fully saturated rings. The Morgan fingerprint density at radius 3 is 2.41 bits per heavy atom. The number of hydrogen-bond acceptors (Lipinski definition) is 3. The van der Waals surface area contributed by atoms with E-state index in [0.29, 0.717) is 11.3 Å². The molecule has 4 nitrogen and oxygen atoms in total. The zero-order chi connectivity index (χ0) is 16.3. The zero-order valence-corrected chi connectivity index (χ0v) is 11.6. The number of ether oxygens (including phenoxy) is 1. The highest BCUT2D eigenvalue weighted by Gasteiger charge is 2.28. The van der Waals surface area contributed by atoms with Gasteiger partial charge in [0.1, 0.15) is 10.9 Å². The number of carboxylic acid groups (broad SMARTS) is 1. The SMILES string of the molecule is O=C(O)c1cc(Cl)nc(-c2ccc(OCC(F)(F)F)cc2)c1. The minimum Gasteiger partial charge on any atom is -0.484 e.